The molecule has 0 spiro atoms. The second-order valence-corrected chi connectivity index (χ2v) is 6.50. The molecule has 2 aromatic carbocycles. The maximum Gasteiger partial charge on any atom is 0.329 e. The van der Waals surface area contributed by atoms with Gasteiger partial charge in [-0.05, 0) is 42.8 Å². The van der Waals surface area contributed by atoms with Crippen LogP contribution in [0.25, 0.3) is 0 Å². The summed E-state index contributed by atoms with van der Waals surface area (Å²) in [7, 11) is 0. The van der Waals surface area contributed by atoms with Gasteiger partial charge < -0.3 is 15.4 Å². The zero-order chi connectivity index (χ0) is 21.2. The fourth-order valence-corrected chi connectivity index (χ4v) is 2.64. The van der Waals surface area contributed by atoms with Crippen LogP contribution in [0.4, 0.5) is 5.69 Å². The molecule has 10 heteroatoms. The Labute approximate surface area is 177 Å². The van der Waals surface area contributed by atoms with Gasteiger partial charge in [0.05, 0.1) is 6.21 Å². The normalized spacial score (nSPS) is 10.4. The monoisotopic (exact) mass is 436 g/mol. The van der Waals surface area contributed by atoms with Gasteiger partial charge in [0.15, 0.2) is 6.61 Å². The molecule has 0 aromatic heterocycles. The number of halogens is 2. The molecule has 0 saturated heterocycles. The molecule has 0 fully saturated rings. The molecule has 8 nitrogen and oxygen atoms in total. The maximum absolute atomic E-state index is 12.0. The van der Waals surface area contributed by atoms with Crippen LogP contribution in [-0.2, 0) is 14.4 Å². The lowest BCUT2D eigenvalue weighted by molar-refractivity contribution is -0.139. The molecule has 0 saturated carbocycles. The van der Waals surface area contributed by atoms with E-state index in [2.05, 4.69) is 21.2 Å². The Morgan fingerprint density at radius 2 is 1.79 bits per heavy atom. The second kappa shape index (κ2) is 11.0. The molecule has 0 aliphatic heterocycles. The number of rotatable bonds is 7. The Hall–Kier alpha value is -3.10. The summed E-state index contributed by atoms with van der Waals surface area (Å²) in [5, 5.41) is 9.50. The first-order valence-corrected chi connectivity index (χ1v) is 9.23. The molecule has 0 aliphatic rings. The van der Waals surface area contributed by atoms with Crippen LogP contribution in [0.5, 0.6) is 5.75 Å². The van der Waals surface area contributed by atoms with Crippen molar-refractivity contribution in [2.45, 2.75) is 6.92 Å². The van der Waals surface area contributed by atoms with Crippen LogP contribution in [0.3, 0.4) is 0 Å². The first-order chi connectivity index (χ1) is 13.9. The topological polar surface area (TPSA) is 109 Å². The number of benzene rings is 2. The van der Waals surface area contributed by atoms with E-state index >= 15 is 0 Å². The van der Waals surface area contributed by atoms with Crippen LogP contribution in [0.2, 0.25) is 10.0 Å². The van der Waals surface area contributed by atoms with E-state index in [1.165, 1.54) is 6.21 Å². The largest absolute Gasteiger partial charge is 0.484 e. The smallest absolute Gasteiger partial charge is 0.329 e. The summed E-state index contributed by atoms with van der Waals surface area (Å²) in [6, 6.07) is 11.4. The molecule has 0 heterocycles. The highest BCUT2D eigenvalue weighted by molar-refractivity contribution is 6.35. The van der Waals surface area contributed by atoms with Gasteiger partial charge in [0.2, 0.25) is 0 Å². The highest BCUT2D eigenvalue weighted by Crippen LogP contribution is 2.22. The zero-order valence-corrected chi connectivity index (χ0v) is 16.9. The maximum atomic E-state index is 12.0. The molecule has 3 amide bonds. The number of likely N-dealkylation sites (N-methyl/N-ethyl adjacent to an activating group) is 1. The van der Waals surface area contributed by atoms with Gasteiger partial charge >= 0.3 is 11.8 Å². The lowest BCUT2D eigenvalue weighted by Crippen LogP contribution is -2.37. The van der Waals surface area contributed by atoms with Gasteiger partial charge in [-0.3, -0.25) is 14.4 Å². The van der Waals surface area contributed by atoms with Crippen molar-refractivity contribution in [3.8, 4) is 5.75 Å². The number of nitrogens with one attached hydrogen (secondary N) is 3. The van der Waals surface area contributed by atoms with Gasteiger partial charge in [-0.25, -0.2) is 5.43 Å². The molecule has 2 rings (SSSR count). The molecule has 0 bridgehead atoms. The van der Waals surface area contributed by atoms with E-state index in [1.54, 1.807) is 49.4 Å². The predicted molar refractivity (Wildman–Crippen MR) is 111 cm³/mol. The molecule has 0 radical (unpaired) electrons. The van der Waals surface area contributed by atoms with E-state index < -0.39 is 17.7 Å². The van der Waals surface area contributed by atoms with E-state index in [1.807, 2.05) is 0 Å². The lowest BCUT2D eigenvalue weighted by Gasteiger charge is -2.08. The van der Waals surface area contributed by atoms with Gasteiger partial charge in [0.1, 0.15) is 5.75 Å². The third-order valence-corrected chi connectivity index (χ3v) is 3.73. The van der Waals surface area contributed by atoms with Gasteiger partial charge in [-0.1, -0.05) is 35.3 Å². The summed E-state index contributed by atoms with van der Waals surface area (Å²) in [6.45, 7) is 1.80. The molecule has 0 atom stereocenters. The number of anilines is 1. The number of nitrogens with zero attached hydrogens (tertiary/aromatic N) is 1. The summed E-state index contributed by atoms with van der Waals surface area (Å²) in [4.78, 5) is 34.7. The van der Waals surface area contributed by atoms with Crippen molar-refractivity contribution in [2.24, 2.45) is 5.10 Å². The van der Waals surface area contributed by atoms with E-state index in [9.17, 15) is 14.4 Å². The Kier molecular flexibility index (Phi) is 8.45. The SMILES string of the molecule is CCNC(=O)C(=O)N/N=C\c1cccc(OCC(=O)Nc2cc(Cl)cc(Cl)c2)c1. The van der Waals surface area contributed by atoms with Crippen molar-refractivity contribution in [1.82, 2.24) is 10.7 Å². The van der Waals surface area contributed by atoms with Crippen molar-refractivity contribution >= 4 is 52.8 Å². The third-order valence-electron chi connectivity index (χ3n) is 3.30. The van der Waals surface area contributed by atoms with Crippen molar-refractivity contribution in [2.75, 3.05) is 18.5 Å². The summed E-state index contributed by atoms with van der Waals surface area (Å²) in [5.41, 5.74) is 3.17. The van der Waals surface area contributed by atoms with Gasteiger partial charge in [0.25, 0.3) is 5.91 Å². The van der Waals surface area contributed by atoms with Crippen LogP contribution >= 0.6 is 23.2 Å². The fourth-order valence-electron chi connectivity index (χ4n) is 2.11. The standard InChI is InChI=1S/C19H18Cl2N4O4/c1-2-22-18(27)19(28)25-23-10-12-4-3-5-16(6-12)29-11-17(26)24-15-8-13(20)7-14(21)9-15/h3-10H,2,11H2,1H3,(H,22,27)(H,24,26)(H,25,28)/b23-10-. The first-order valence-electron chi connectivity index (χ1n) is 8.47. The molecule has 2 aromatic rings. The molecule has 152 valence electrons. The molecule has 3 N–H and O–H groups in total. The average Bonchev–Trinajstić information content (AvgIpc) is 2.66. The Morgan fingerprint density at radius 1 is 1.07 bits per heavy atom. The highest BCUT2D eigenvalue weighted by Gasteiger charge is 2.10. The zero-order valence-electron chi connectivity index (χ0n) is 15.4. The Morgan fingerprint density at radius 3 is 2.48 bits per heavy atom. The molecular formula is C19H18Cl2N4O4. The van der Waals surface area contributed by atoms with E-state index in [0.29, 0.717) is 33.6 Å². The van der Waals surface area contributed by atoms with Crippen LogP contribution in [0.1, 0.15) is 12.5 Å². The van der Waals surface area contributed by atoms with E-state index in [0.717, 1.165) is 0 Å². The molecule has 0 aliphatic carbocycles. The average molecular weight is 437 g/mol. The lowest BCUT2D eigenvalue weighted by atomic mass is 10.2. The van der Waals surface area contributed by atoms with Gasteiger partial charge in [-0.15, -0.1) is 0 Å². The number of amides is 3. The quantitative estimate of drug-likeness (QED) is 0.352. The highest BCUT2D eigenvalue weighted by atomic mass is 35.5. The predicted octanol–water partition coefficient (Wildman–Crippen LogP) is 2.60. The van der Waals surface area contributed by atoms with E-state index in [-0.39, 0.29) is 6.61 Å². The van der Waals surface area contributed by atoms with Gasteiger partial charge in [0, 0.05) is 22.3 Å². The second-order valence-electron chi connectivity index (χ2n) is 5.63. The minimum atomic E-state index is -0.867. The first kappa shape index (κ1) is 22.2. The minimum Gasteiger partial charge on any atom is -0.484 e. The number of hydrogen-bond acceptors (Lipinski definition) is 5. The number of carbonyl (C=O) groups is 3. The number of ether oxygens (including phenoxy) is 1. The Balaban J connectivity index is 1.87. The third kappa shape index (κ3) is 7.81. The van der Waals surface area contributed by atoms with Crippen molar-refractivity contribution in [1.29, 1.82) is 0 Å². The Bertz CT molecular complexity index is 914. The minimum absolute atomic E-state index is 0.237. The van der Waals surface area contributed by atoms with Gasteiger partial charge in [-0.2, -0.15) is 5.10 Å². The van der Waals surface area contributed by atoms with Crippen LogP contribution in [0, 0.1) is 0 Å². The van der Waals surface area contributed by atoms with Crippen LogP contribution < -0.4 is 20.8 Å². The van der Waals surface area contributed by atoms with Crippen molar-refractivity contribution in [3.05, 3.63) is 58.1 Å². The molecular weight excluding hydrogens is 419 g/mol. The number of carbonyl (C=O) groups excluding carboxylic acids is 3. The van der Waals surface area contributed by atoms with E-state index in [4.69, 9.17) is 27.9 Å². The van der Waals surface area contributed by atoms with Crippen molar-refractivity contribution < 1.29 is 19.1 Å². The van der Waals surface area contributed by atoms with Crippen LogP contribution in [0.15, 0.2) is 47.6 Å². The summed E-state index contributed by atoms with van der Waals surface area (Å²) in [5.74, 6) is -1.61. The van der Waals surface area contributed by atoms with Crippen LogP contribution in [-0.4, -0.2) is 37.1 Å². The summed E-state index contributed by atoms with van der Waals surface area (Å²) >= 11 is 11.8. The number of hydrogen-bond donors (Lipinski definition) is 3. The summed E-state index contributed by atoms with van der Waals surface area (Å²) < 4.78 is 5.45. The molecule has 29 heavy (non-hydrogen) atoms. The number of hydrazone groups is 1. The fraction of sp³-hybridized carbons (Fsp3) is 0.158. The summed E-state index contributed by atoms with van der Waals surface area (Å²) in [6.07, 6.45) is 1.35. The molecule has 0 unspecified atom stereocenters. The van der Waals surface area contributed by atoms with Crippen molar-refractivity contribution in [3.63, 3.8) is 0 Å².